The number of hydrogen-bond donors (Lipinski definition) is 2. The van der Waals surface area contributed by atoms with E-state index in [4.69, 9.17) is 14.9 Å². The molecule has 3 aromatic rings. The summed E-state index contributed by atoms with van der Waals surface area (Å²) in [4.78, 5) is 22.6. The summed E-state index contributed by atoms with van der Waals surface area (Å²) in [6.45, 7) is 0. The normalized spacial score (nSPS) is 13.9. The highest BCUT2D eigenvalue weighted by Gasteiger charge is 2.24. The van der Waals surface area contributed by atoms with Gasteiger partial charge in [-0.05, 0) is 31.0 Å². The molecule has 26 heavy (non-hydrogen) atoms. The van der Waals surface area contributed by atoms with E-state index in [-0.39, 0.29) is 5.56 Å². The maximum absolute atomic E-state index is 12.6. The van der Waals surface area contributed by atoms with Gasteiger partial charge in [0.05, 0.1) is 29.5 Å². The summed E-state index contributed by atoms with van der Waals surface area (Å²) in [7, 11) is 3.29. The Bertz CT molecular complexity index is 1050. The van der Waals surface area contributed by atoms with Crippen LogP contribution in [-0.4, -0.2) is 27.7 Å². The van der Waals surface area contributed by atoms with E-state index in [9.17, 15) is 4.79 Å². The van der Waals surface area contributed by atoms with Crippen molar-refractivity contribution in [3.8, 4) is 11.3 Å². The molecule has 7 nitrogen and oxygen atoms in total. The molecule has 1 aliphatic rings. The maximum atomic E-state index is 12.6. The Morgan fingerprint density at radius 2 is 2.15 bits per heavy atom. The molecule has 0 atom stereocenters. The van der Waals surface area contributed by atoms with Crippen LogP contribution in [0, 0.1) is 0 Å². The van der Waals surface area contributed by atoms with E-state index < -0.39 is 0 Å². The van der Waals surface area contributed by atoms with Gasteiger partial charge in [-0.15, -0.1) is 0 Å². The molecule has 2 heterocycles. The van der Waals surface area contributed by atoms with Crippen molar-refractivity contribution in [1.29, 1.82) is 0 Å². The number of nitrogens with zero attached hydrogens (tertiary/aromatic N) is 3. The van der Waals surface area contributed by atoms with Crippen molar-refractivity contribution in [3.05, 3.63) is 40.9 Å². The lowest BCUT2D eigenvalue weighted by Gasteiger charge is -2.12. The molecule has 2 aromatic heterocycles. The Kier molecular flexibility index (Phi) is 4.29. The van der Waals surface area contributed by atoms with Crippen LogP contribution >= 0.6 is 12.0 Å². The van der Waals surface area contributed by atoms with Crippen molar-refractivity contribution in [1.82, 2.24) is 14.5 Å². The first-order valence-corrected chi connectivity index (χ1v) is 9.04. The van der Waals surface area contributed by atoms with Crippen LogP contribution in [0.1, 0.15) is 12.8 Å². The number of hydrogen-bond acceptors (Lipinski definition) is 7. The molecule has 3 N–H and O–H groups in total. The third-order valence-corrected chi connectivity index (χ3v) is 5.00. The van der Waals surface area contributed by atoms with E-state index in [0.717, 1.165) is 29.0 Å². The maximum Gasteiger partial charge on any atom is 0.264 e. The SMILES string of the molecule is COSc1cc(-c2cc3ncn(C)c(=O)c3c(NC3CC3)n2)ccc1N. The van der Waals surface area contributed by atoms with Gasteiger partial charge in [0.2, 0.25) is 0 Å². The van der Waals surface area contributed by atoms with E-state index in [0.29, 0.717) is 28.5 Å². The molecule has 1 fully saturated rings. The Balaban J connectivity index is 1.89. The largest absolute Gasteiger partial charge is 0.398 e. The summed E-state index contributed by atoms with van der Waals surface area (Å²) in [5.74, 6) is 0.589. The monoisotopic (exact) mass is 369 g/mol. The van der Waals surface area contributed by atoms with Gasteiger partial charge in [0.15, 0.2) is 0 Å². The first-order chi connectivity index (χ1) is 12.6. The Hall–Kier alpha value is -2.58. The highest BCUT2D eigenvalue weighted by atomic mass is 32.2. The number of benzene rings is 1. The molecular weight excluding hydrogens is 350 g/mol. The number of fused-ring (bicyclic) bond motifs is 1. The van der Waals surface area contributed by atoms with Crippen LogP contribution in [0.4, 0.5) is 11.5 Å². The van der Waals surface area contributed by atoms with Gasteiger partial charge in [-0.2, -0.15) is 0 Å². The number of rotatable bonds is 5. The summed E-state index contributed by atoms with van der Waals surface area (Å²) in [5.41, 5.74) is 8.78. The average Bonchev–Trinajstić information content (AvgIpc) is 3.44. The molecule has 0 aliphatic heterocycles. The van der Waals surface area contributed by atoms with Crippen molar-refractivity contribution >= 4 is 34.5 Å². The van der Waals surface area contributed by atoms with E-state index in [1.54, 1.807) is 14.2 Å². The highest BCUT2D eigenvalue weighted by molar-refractivity contribution is 7.94. The number of pyridine rings is 1. The molecule has 134 valence electrons. The zero-order chi connectivity index (χ0) is 18.3. The van der Waals surface area contributed by atoms with Crippen LogP contribution in [0.3, 0.4) is 0 Å². The minimum absolute atomic E-state index is 0.106. The second-order valence-corrected chi connectivity index (χ2v) is 7.27. The number of aryl methyl sites for hydroxylation is 1. The molecule has 0 amide bonds. The molecule has 0 bridgehead atoms. The first-order valence-electron chi connectivity index (χ1n) is 8.30. The minimum atomic E-state index is -0.106. The summed E-state index contributed by atoms with van der Waals surface area (Å²) in [6, 6.07) is 7.87. The topological polar surface area (TPSA) is 95.1 Å². The quantitative estimate of drug-likeness (QED) is 0.527. The standard InChI is InChI=1S/C18H19N5O2S/c1-23-9-20-14-8-13(10-3-6-12(19)15(7-10)26-25-2)22-17(16(14)18(23)24)21-11-4-5-11/h3,6-9,11H,4-5,19H2,1-2H3,(H,21,22). The molecule has 0 saturated heterocycles. The summed E-state index contributed by atoms with van der Waals surface area (Å²) >= 11 is 1.21. The van der Waals surface area contributed by atoms with Gasteiger partial charge in [-0.3, -0.25) is 4.79 Å². The van der Waals surface area contributed by atoms with Crippen LogP contribution < -0.4 is 16.6 Å². The lowest BCUT2D eigenvalue weighted by molar-refractivity contribution is 0.490. The number of nitrogens with two attached hydrogens (primary N) is 1. The van der Waals surface area contributed by atoms with Gasteiger partial charge in [0.1, 0.15) is 11.2 Å². The van der Waals surface area contributed by atoms with Gasteiger partial charge >= 0.3 is 0 Å². The molecule has 4 rings (SSSR count). The Morgan fingerprint density at radius 1 is 1.35 bits per heavy atom. The second-order valence-electron chi connectivity index (χ2n) is 6.33. The minimum Gasteiger partial charge on any atom is -0.398 e. The third-order valence-electron chi connectivity index (χ3n) is 4.30. The molecule has 8 heteroatoms. The first kappa shape index (κ1) is 16.9. The van der Waals surface area contributed by atoms with E-state index in [1.807, 2.05) is 24.3 Å². The van der Waals surface area contributed by atoms with Crippen molar-refractivity contribution in [2.75, 3.05) is 18.2 Å². The number of nitrogen functional groups attached to an aromatic ring is 1. The summed E-state index contributed by atoms with van der Waals surface area (Å²) < 4.78 is 6.60. The zero-order valence-corrected chi connectivity index (χ0v) is 15.3. The van der Waals surface area contributed by atoms with E-state index in [1.165, 1.54) is 22.9 Å². The smallest absolute Gasteiger partial charge is 0.264 e. The van der Waals surface area contributed by atoms with Crippen LogP contribution in [-0.2, 0) is 11.2 Å². The van der Waals surface area contributed by atoms with Crippen LogP contribution in [0.15, 0.2) is 40.3 Å². The number of nitrogens with one attached hydrogen (secondary N) is 1. The third kappa shape index (κ3) is 3.13. The molecule has 1 aliphatic carbocycles. The van der Waals surface area contributed by atoms with Gasteiger partial charge < -0.3 is 19.8 Å². The fourth-order valence-electron chi connectivity index (χ4n) is 2.75. The second kappa shape index (κ2) is 6.62. The number of aromatic nitrogens is 3. The van der Waals surface area contributed by atoms with E-state index >= 15 is 0 Å². The fourth-order valence-corrected chi connectivity index (χ4v) is 3.27. The van der Waals surface area contributed by atoms with Crippen molar-refractivity contribution in [2.24, 2.45) is 7.05 Å². The lowest BCUT2D eigenvalue weighted by atomic mass is 10.1. The molecule has 0 unspecified atom stereocenters. The Morgan fingerprint density at radius 3 is 2.88 bits per heavy atom. The lowest BCUT2D eigenvalue weighted by Crippen LogP contribution is -2.19. The molecule has 0 radical (unpaired) electrons. The molecule has 1 aromatic carbocycles. The average molecular weight is 369 g/mol. The number of anilines is 2. The molecular formula is C18H19N5O2S. The van der Waals surface area contributed by atoms with Gasteiger partial charge in [-0.1, -0.05) is 6.07 Å². The van der Waals surface area contributed by atoms with Gasteiger partial charge in [0, 0.05) is 36.4 Å². The fraction of sp³-hybridized carbons (Fsp3) is 0.278. The van der Waals surface area contributed by atoms with Crippen molar-refractivity contribution < 1.29 is 4.18 Å². The van der Waals surface area contributed by atoms with Crippen LogP contribution in [0.25, 0.3) is 22.2 Å². The van der Waals surface area contributed by atoms with Crippen molar-refractivity contribution in [3.63, 3.8) is 0 Å². The van der Waals surface area contributed by atoms with Crippen LogP contribution in [0.2, 0.25) is 0 Å². The predicted molar refractivity (Wildman–Crippen MR) is 104 cm³/mol. The predicted octanol–water partition coefficient (Wildman–Crippen LogP) is 2.81. The van der Waals surface area contributed by atoms with Gasteiger partial charge in [-0.25, -0.2) is 9.97 Å². The van der Waals surface area contributed by atoms with Gasteiger partial charge in [0.25, 0.3) is 5.56 Å². The van der Waals surface area contributed by atoms with E-state index in [2.05, 4.69) is 10.3 Å². The van der Waals surface area contributed by atoms with Crippen LogP contribution in [0.5, 0.6) is 0 Å². The summed E-state index contributed by atoms with van der Waals surface area (Å²) in [6.07, 6.45) is 3.71. The Labute approximate surface area is 154 Å². The summed E-state index contributed by atoms with van der Waals surface area (Å²) in [5, 5.41) is 3.89. The molecule has 0 spiro atoms. The zero-order valence-electron chi connectivity index (χ0n) is 14.5. The van der Waals surface area contributed by atoms with Crippen molar-refractivity contribution in [2.45, 2.75) is 23.8 Å². The molecule has 1 saturated carbocycles. The highest BCUT2D eigenvalue weighted by Crippen LogP contribution is 2.33.